The lowest BCUT2D eigenvalue weighted by atomic mass is 10.1. The van der Waals surface area contributed by atoms with Crippen molar-refractivity contribution >= 4 is 17.5 Å². The van der Waals surface area contributed by atoms with Gasteiger partial charge in [0.15, 0.2) is 11.5 Å². The number of nitrogens with one attached hydrogen (secondary N) is 1. The summed E-state index contributed by atoms with van der Waals surface area (Å²) in [4.78, 5) is 32.6. The largest absolute Gasteiger partial charge is 0.336 e. The van der Waals surface area contributed by atoms with Crippen molar-refractivity contribution in [3.8, 4) is 0 Å². The van der Waals surface area contributed by atoms with Gasteiger partial charge in [0.1, 0.15) is 0 Å². The van der Waals surface area contributed by atoms with E-state index in [-0.39, 0.29) is 11.8 Å². The van der Waals surface area contributed by atoms with Crippen molar-refractivity contribution in [2.24, 2.45) is 0 Å². The number of hydrogen-bond acceptors (Lipinski definition) is 3. The molecule has 0 saturated carbocycles. The average molecular weight is 380 g/mol. The molecule has 0 bridgehead atoms. The molecule has 2 aliphatic heterocycles. The predicted octanol–water partition coefficient (Wildman–Crippen LogP) is 3.80. The normalized spacial score (nSPS) is 17.0. The van der Waals surface area contributed by atoms with Crippen molar-refractivity contribution < 1.29 is 9.59 Å². The Morgan fingerprint density at radius 1 is 0.929 bits per heavy atom. The number of carbonyl (C=O) groups excluding carboxylic acids is 2. The highest BCUT2D eigenvalue weighted by molar-refractivity contribution is 6.05. The number of hydrogen-bond donors (Lipinski definition) is 1. The molecule has 0 atom stereocenters. The Morgan fingerprint density at radius 2 is 1.61 bits per heavy atom. The molecule has 148 valence electrons. The maximum Gasteiger partial charge on any atom is 0.289 e. The van der Waals surface area contributed by atoms with Gasteiger partial charge >= 0.3 is 0 Å². The molecule has 0 aliphatic carbocycles. The van der Waals surface area contributed by atoms with Crippen molar-refractivity contribution in [2.45, 2.75) is 58.4 Å². The molecule has 1 fully saturated rings. The zero-order valence-electron chi connectivity index (χ0n) is 16.5. The van der Waals surface area contributed by atoms with Crippen LogP contribution >= 0.6 is 0 Å². The highest BCUT2D eigenvalue weighted by atomic mass is 16.2. The van der Waals surface area contributed by atoms with Crippen LogP contribution in [-0.2, 0) is 13.0 Å². The van der Waals surface area contributed by atoms with E-state index >= 15 is 0 Å². The van der Waals surface area contributed by atoms with Crippen LogP contribution in [-0.4, -0.2) is 39.4 Å². The van der Waals surface area contributed by atoms with Crippen molar-refractivity contribution in [2.75, 3.05) is 18.4 Å². The molecule has 1 aromatic heterocycles. The minimum absolute atomic E-state index is 0.0283. The predicted molar refractivity (Wildman–Crippen MR) is 109 cm³/mol. The van der Waals surface area contributed by atoms with Crippen molar-refractivity contribution in [3.63, 3.8) is 0 Å². The van der Waals surface area contributed by atoms with Crippen LogP contribution in [0.15, 0.2) is 24.3 Å². The summed E-state index contributed by atoms with van der Waals surface area (Å²) in [7, 11) is 0. The molecule has 3 heterocycles. The van der Waals surface area contributed by atoms with Crippen LogP contribution in [0.25, 0.3) is 0 Å². The molecule has 4 rings (SSSR count). The van der Waals surface area contributed by atoms with Crippen LogP contribution in [0.2, 0.25) is 0 Å². The number of carbonyl (C=O) groups is 2. The second-order valence-corrected chi connectivity index (χ2v) is 7.87. The molecule has 0 unspecified atom stereocenters. The summed E-state index contributed by atoms with van der Waals surface area (Å²) in [5, 5.41) is 2.94. The average Bonchev–Trinajstić information content (AvgIpc) is 2.89. The van der Waals surface area contributed by atoms with E-state index in [1.807, 2.05) is 40.7 Å². The number of rotatable bonds is 3. The van der Waals surface area contributed by atoms with Gasteiger partial charge in [0.2, 0.25) is 0 Å². The van der Waals surface area contributed by atoms with E-state index in [4.69, 9.17) is 0 Å². The molecule has 0 spiro atoms. The van der Waals surface area contributed by atoms with Gasteiger partial charge in [0, 0.05) is 25.3 Å². The second kappa shape index (κ2) is 8.17. The van der Waals surface area contributed by atoms with Crippen LogP contribution < -0.4 is 5.32 Å². The number of imidazole rings is 1. The quantitative estimate of drug-likeness (QED) is 0.881. The first-order chi connectivity index (χ1) is 13.6. The fraction of sp³-hybridized carbons (Fsp3) is 0.500. The van der Waals surface area contributed by atoms with Crippen molar-refractivity contribution in [3.05, 3.63) is 47.0 Å². The number of amides is 2. The minimum Gasteiger partial charge on any atom is -0.336 e. The lowest BCUT2D eigenvalue weighted by molar-refractivity contribution is 0.0743. The monoisotopic (exact) mass is 380 g/mol. The molecule has 28 heavy (non-hydrogen) atoms. The highest BCUT2D eigenvalue weighted by Crippen LogP contribution is 2.24. The molecule has 1 aromatic carbocycles. The summed E-state index contributed by atoms with van der Waals surface area (Å²) >= 11 is 0. The Morgan fingerprint density at radius 3 is 2.32 bits per heavy atom. The van der Waals surface area contributed by atoms with Gasteiger partial charge in [0.05, 0.1) is 5.69 Å². The van der Waals surface area contributed by atoms with Crippen molar-refractivity contribution in [1.82, 2.24) is 14.5 Å². The van der Waals surface area contributed by atoms with E-state index in [1.165, 1.54) is 12.8 Å². The fourth-order valence-corrected chi connectivity index (χ4v) is 4.13. The molecule has 1 N–H and O–H groups in total. The third-order valence-electron chi connectivity index (χ3n) is 5.73. The first kappa shape index (κ1) is 18.7. The van der Waals surface area contributed by atoms with Crippen LogP contribution in [0.5, 0.6) is 0 Å². The summed E-state index contributed by atoms with van der Waals surface area (Å²) in [6.45, 7) is 4.34. The zero-order chi connectivity index (χ0) is 19.5. The van der Waals surface area contributed by atoms with Gasteiger partial charge in [-0.2, -0.15) is 0 Å². The number of benzene rings is 1. The van der Waals surface area contributed by atoms with E-state index in [2.05, 4.69) is 10.3 Å². The van der Waals surface area contributed by atoms with Crippen LogP contribution in [0.3, 0.4) is 0 Å². The van der Waals surface area contributed by atoms with Gasteiger partial charge in [-0.15, -0.1) is 0 Å². The number of aryl methyl sites for hydroxylation is 1. The first-order valence-electron chi connectivity index (χ1n) is 10.4. The molecule has 6 heteroatoms. The standard InChI is InChI=1S/C22H28N4O2/c1-16-9-11-17(12-10-16)23-21(27)19-18-8-4-7-15-26(18)20(24-19)22(28)25-13-5-2-3-6-14-25/h9-12H,2-8,13-15H2,1H3,(H,23,27). The maximum absolute atomic E-state index is 13.2. The lowest BCUT2D eigenvalue weighted by Crippen LogP contribution is -2.34. The number of fused-ring (bicyclic) bond motifs is 1. The third kappa shape index (κ3) is 3.81. The zero-order valence-corrected chi connectivity index (χ0v) is 16.5. The summed E-state index contributed by atoms with van der Waals surface area (Å²) in [6, 6.07) is 7.71. The summed E-state index contributed by atoms with van der Waals surface area (Å²) in [6.07, 6.45) is 7.26. The topological polar surface area (TPSA) is 67.2 Å². The van der Waals surface area contributed by atoms with Gasteiger partial charge in [-0.05, 0) is 51.2 Å². The lowest BCUT2D eigenvalue weighted by Gasteiger charge is -2.22. The van der Waals surface area contributed by atoms with E-state index in [0.29, 0.717) is 11.5 Å². The fourth-order valence-electron chi connectivity index (χ4n) is 4.13. The molecular formula is C22H28N4O2. The third-order valence-corrected chi connectivity index (χ3v) is 5.73. The van der Waals surface area contributed by atoms with E-state index in [0.717, 1.165) is 68.7 Å². The van der Waals surface area contributed by atoms with Gasteiger partial charge < -0.3 is 14.8 Å². The van der Waals surface area contributed by atoms with Gasteiger partial charge in [-0.3, -0.25) is 9.59 Å². The molecular weight excluding hydrogens is 352 g/mol. The van der Waals surface area contributed by atoms with E-state index in [1.54, 1.807) is 0 Å². The van der Waals surface area contributed by atoms with E-state index < -0.39 is 0 Å². The number of likely N-dealkylation sites (tertiary alicyclic amines) is 1. The van der Waals surface area contributed by atoms with Crippen LogP contribution in [0.4, 0.5) is 5.69 Å². The summed E-state index contributed by atoms with van der Waals surface area (Å²) in [5.74, 6) is 0.175. The number of aromatic nitrogens is 2. The number of nitrogens with zero attached hydrogens (tertiary/aromatic N) is 3. The Labute approximate surface area is 165 Å². The molecule has 2 amide bonds. The Bertz CT molecular complexity index is 861. The number of anilines is 1. The maximum atomic E-state index is 13.2. The highest BCUT2D eigenvalue weighted by Gasteiger charge is 2.30. The van der Waals surface area contributed by atoms with Gasteiger partial charge in [-0.1, -0.05) is 30.5 Å². The van der Waals surface area contributed by atoms with Crippen LogP contribution in [0, 0.1) is 6.92 Å². The minimum atomic E-state index is -0.232. The Balaban J connectivity index is 1.62. The van der Waals surface area contributed by atoms with Gasteiger partial charge in [-0.25, -0.2) is 4.98 Å². The SMILES string of the molecule is Cc1ccc(NC(=O)c2nc(C(=O)N3CCCCCC3)n3c2CCCC3)cc1. The smallest absolute Gasteiger partial charge is 0.289 e. The second-order valence-electron chi connectivity index (χ2n) is 7.87. The molecule has 1 saturated heterocycles. The Hall–Kier alpha value is -2.63. The Kier molecular flexibility index (Phi) is 5.46. The van der Waals surface area contributed by atoms with Crippen LogP contribution in [0.1, 0.15) is 70.9 Å². The molecule has 0 radical (unpaired) electrons. The summed E-state index contributed by atoms with van der Waals surface area (Å²) < 4.78 is 1.99. The molecule has 2 aromatic rings. The molecule has 2 aliphatic rings. The van der Waals surface area contributed by atoms with E-state index in [9.17, 15) is 9.59 Å². The molecule has 6 nitrogen and oxygen atoms in total. The summed E-state index contributed by atoms with van der Waals surface area (Å²) in [5.41, 5.74) is 3.18. The van der Waals surface area contributed by atoms with Crippen molar-refractivity contribution in [1.29, 1.82) is 0 Å². The van der Waals surface area contributed by atoms with Gasteiger partial charge in [0.25, 0.3) is 11.8 Å². The first-order valence-corrected chi connectivity index (χ1v) is 10.4.